The van der Waals surface area contributed by atoms with E-state index in [0.29, 0.717) is 13.2 Å². The van der Waals surface area contributed by atoms with E-state index in [9.17, 15) is 4.79 Å². The highest BCUT2D eigenvalue weighted by Crippen LogP contribution is 2.29. The number of anilines is 2. The van der Waals surface area contributed by atoms with Gasteiger partial charge in [-0.15, -0.1) is 10.2 Å². The molecule has 0 bridgehead atoms. The SMILES string of the molecule is CCOc1ccc(NC(=O)C(C)Sc2nnc(NCc3ccccc3)s2)cc1. The molecule has 3 aromatic rings. The molecular formula is C20H22N4O2S2. The Morgan fingerprint density at radius 1 is 1.14 bits per heavy atom. The van der Waals surface area contributed by atoms with Gasteiger partial charge in [0, 0.05) is 12.2 Å². The molecule has 2 N–H and O–H groups in total. The highest BCUT2D eigenvalue weighted by atomic mass is 32.2. The number of rotatable bonds is 9. The molecule has 0 radical (unpaired) electrons. The lowest BCUT2D eigenvalue weighted by Crippen LogP contribution is -2.22. The molecule has 1 unspecified atom stereocenters. The number of carbonyl (C=O) groups is 1. The molecule has 0 spiro atoms. The van der Waals surface area contributed by atoms with Gasteiger partial charge in [0.15, 0.2) is 4.34 Å². The van der Waals surface area contributed by atoms with Crippen molar-refractivity contribution < 1.29 is 9.53 Å². The quantitative estimate of drug-likeness (QED) is 0.496. The normalized spacial score (nSPS) is 11.6. The third kappa shape index (κ3) is 5.97. The summed E-state index contributed by atoms with van der Waals surface area (Å²) in [6.07, 6.45) is 0. The van der Waals surface area contributed by atoms with Crippen molar-refractivity contribution in [1.29, 1.82) is 0 Å². The molecule has 0 saturated heterocycles. The van der Waals surface area contributed by atoms with Crippen molar-refractivity contribution >= 4 is 39.8 Å². The Hall–Kier alpha value is -2.58. The summed E-state index contributed by atoms with van der Waals surface area (Å²) in [5, 5.41) is 14.9. The molecule has 0 aliphatic rings. The first kappa shape index (κ1) is 20.2. The van der Waals surface area contributed by atoms with Crippen molar-refractivity contribution in [2.75, 3.05) is 17.2 Å². The molecule has 0 aliphatic heterocycles. The van der Waals surface area contributed by atoms with E-state index in [-0.39, 0.29) is 11.2 Å². The van der Waals surface area contributed by atoms with Crippen LogP contribution in [0.5, 0.6) is 5.75 Å². The Kier molecular flexibility index (Phi) is 7.27. The molecule has 0 fully saturated rings. The summed E-state index contributed by atoms with van der Waals surface area (Å²) >= 11 is 2.84. The molecular weight excluding hydrogens is 392 g/mol. The lowest BCUT2D eigenvalue weighted by molar-refractivity contribution is -0.115. The van der Waals surface area contributed by atoms with Gasteiger partial charge in [-0.05, 0) is 43.7 Å². The number of ether oxygens (including phenoxy) is 1. The predicted octanol–water partition coefficient (Wildman–Crippen LogP) is 4.67. The van der Waals surface area contributed by atoms with Crippen LogP contribution >= 0.6 is 23.1 Å². The first-order valence-corrected chi connectivity index (χ1v) is 10.7. The number of nitrogens with zero attached hydrogens (tertiary/aromatic N) is 2. The minimum Gasteiger partial charge on any atom is -0.494 e. The maximum Gasteiger partial charge on any atom is 0.237 e. The Morgan fingerprint density at radius 2 is 1.89 bits per heavy atom. The molecule has 1 amide bonds. The molecule has 6 nitrogen and oxygen atoms in total. The van der Waals surface area contributed by atoms with Crippen LogP contribution in [0.25, 0.3) is 0 Å². The highest BCUT2D eigenvalue weighted by Gasteiger charge is 2.17. The van der Waals surface area contributed by atoms with Gasteiger partial charge in [-0.2, -0.15) is 0 Å². The van der Waals surface area contributed by atoms with Crippen LogP contribution in [0.3, 0.4) is 0 Å². The third-order valence-corrected chi connectivity index (χ3v) is 5.84. The zero-order chi connectivity index (χ0) is 19.8. The average Bonchev–Trinajstić information content (AvgIpc) is 3.16. The maximum absolute atomic E-state index is 12.4. The Balaban J connectivity index is 1.49. The number of nitrogens with one attached hydrogen (secondary N) is 2. The molecule has 0 saturated carbocycles. The fourth-order valence-corrected chi connectivity index (χ4v) is 4.24. The van der Waals surface area contributed by atoms with Gasteiger partial charge in [0.2, 0.25) is 11.0 Å². The number of aromatic nitrogens is 2. The minimum atomic E-state index is -0.290. The van der Waals surface area contributed by atoms with Gasteiger partial charge in [-0.3, -0.25) is 4.79 Å². The van der Waals surface area contributed by atoms with Crippen LogP contribution in [-0.2, 0) is 11.3 Å². The first-order valence-electron chi connectivity index (χ1n) is 8.95. The number of hydrogen-bond donors (Lipinski definition) is 2. The minimum absolute atomic E-state index is 0.0804. The summed E-state index contributed by atoms with van der Waals surface area (Å²) < 4.78 is 6.16. The van der Waals surface area contributed by atoms with E-state index in [0.717, 1.165) is 20.9 Å². The topological polar surface area (TPSA) is 76.1 Å². The van der Waals surface area contributed by atoms with E-state index in [4.69, 9.17) is 4.74 Å². The molecule has 0 aliphatic carbocycles. The molecule has 8 heteroatoms. The standard InChI is InChI=1S/C20H22N4O2S2/c1-3-26-17-11-9-16(10-12-17)22-18(25)14(2)27-20-24-23-19(28-20)21-13-15-7-5-4-6-8-15/h4-12,14H,3,13H2,1-2H3,(H,21,23)(H,22,25). The first-order chi connectivity index (χ1) is 13.6. The molecule has 1 aromatic heterocycles. The van der Waals surface area contributed by atoms with Crippen LogP contribution in [0.1, 0.15) is 19.4 Å². The Bertz CT molecular complexity index is 885. The van der Waals surface area contributed by atoms with Gasteiger partial charge in [-0.25, -0.2) is 0 Å². The summed E-state index contributed by atoms with van der Waals surface area (Å²) in [6, 6.07) is 17.4. The van der Waals surface area contributed by atoms with E-state index in [1.807, 2.05) is 56.3 Å². The summed E-state index contributed by atoms with van der Waals surface area (Å²) in [7, 11) is 0. The lowest BCUT2D eigenvalue weighted by atomic mass is 10.2. The van der Waals surface area contributed by atoms with Crippen LogP contribution in [0, 0.1) is 0 Å². The summed E-state index contributed by atoms with van der Waals surface area (Å²) in [5.74, 6) is 0.704. The van der Waals surface area contributed by atoms with Crippen molar-refractivity contribution in [2.45, 2.75) is 30.0 Å². The average molecular weight is 415 g/mol. The van der Waals surface area contributed by atoms with Crippen molar-refractivity contribution in [3.05, 3.63) is 60.2 Å². The van der Waals surface area contributed by atoms with Gasteiger partial charge in [0.1, 0.15) is 5.75 Å². The van der Waals surface area contributed by atoms with Crippen LogP contribution in [-0.4, -0.2) is 28.0 Å². The van der Waals surface area contributed by atoms with Gasteiger partial charge in [-0.1, -0.05) is 53.4 Å². The Morgan fingerprint density at radius 3 is 2.61 bits per heavy atom. The van der Waals surface area contributed by atoms with E-state index >= 15 is 0 Å². The second-order valence-electron chi connectivity index (χ2n) is 5.92. The molecule has 3 rings (SSSR count). The van der Waals surface area contributed by atoms with Crippen LogP contribution in [0.2, 0.25) is 0 Å². The number of hydrogen-bond acceptors (Lipinski definition) is 7. The summed E-state index contributed by atoms with van der Waals surface area (Å²) in [5.41, 5.74) is 1.92. The van der Waals surface area contributed by atoms with Crippen LogP contribution < -0.4 is 15.4 Å². The maximum atomic E-state index is 12.4. The summed E-state index contributed by atoms with van der Waals surface area (Å²) in [4.78, 5) is 12.4. The second kappa shape index (κ2) is 10.1. The molecule has 146 valence electrons. The number of carbonyl (C=O) groups excluding carboxylic acids is 1. The number of benzene rings is 2. The highest BCUT2D eigenvalue weighted by molar-refractivity contribution is 8.02. The smallest absolute Gasteiger partial charge is 0.237 e. The van der Waals surface area contributed by atoms with Gasteiger partial charge in [0.05, 0.1) is 11.9 Å². The van der Waals surface area contributed by atoms with Gasteiger partial charge in [0.25, 0.3) is 0 Å². The van der Waals surface area contributed by atoms with Gasteiger partial charge >= 0.3 is 0 Å². The molecule has 1 atom stereocenters. The Labute approximate surface area is 172 Å². The van der Waals surface area contributed by atoms with Crippen LogP contribution in [0.4, 0.5) is 10.8 Å². The molecule has 28 heavy (non-hydrogen) atoms. The van der Waals surface area contributed by atoms with Crippen molar-refractivity contribution in [2.24, 2.45) is 0 Å². The number of thioether (sulfide) groups is 1. The fraction of sp³-hybridized carbons (Fsp3) is 0.250. The monoisotopic (exact) mass is 414 g/mol. The van der Waals surface area contributed by atoms with E-state index in [1.54, 1.807) is 0 Å². The van der Waals surface area contributed by atoms with Gasteiger partial charge < -0.3 is 15.4 Å². The van der Waals surface area contributed by atoms with E-state index in [2.05, 4.69) is 33.0 Å². The van der Waals surface area contributed by atoms with E-state index < -0.39 is 0 Å². The van der Waals surface area contributed by atoms with E-state index in [1.165, 1.54) is 28.7 Å². The van der Waals surface area contributed by atoms with Crippen molar-refractivity contribution in [3.63, 3.8) is 0 Å². The van der Waals surface area contributed by atoms with Crippen LogP contribution in [0.15, 0.2) is 58.9 Å². The second-order valence-corrected chi connectivity index (χ2v) is 8.48. The fourth-order valence-electron chi connectivity index (χ4n) is 2.35. The largest absolute Gasteiger partial charge is 0.494 e. The van der Waals surface area contributed by atoms with Crippen molar-refractivity contribution in [3.8, 4) is 5.75 Å². The zero-order valence-electron chi connectivity index (χ0n) is 15.7. The lowest BCUT2D eigenvalue weighted by Gasteiger charge is -2.11. The van der Waals surface area contributed by atoms with Crippen molar-refractivity contribution in [1.82, 2.24) is 10.2 Å². The summed E-state index contributed by atoms with van der Waals surface area (Å²) in [6.45, 7) is 5.09. The molecule has 2 aromatic carbocycles. The predicted molar refractivity (Wildman–Crippen MR) is 115 cm³/mol. The molecule has 1 heterocycles. The third-order valence-electron chi connectivity index (χ3n) is 3.77. The zero-order valence-corrected chi connectivity index (χ0v) is 17.3. The number of amides is 1.